The van der Waals surface area contributed by atoms with Crippen LogP contribution in [0.1, 0.15) is 23.4 Å². The van der Waals surface area contributed by atoms with Crippen LogP contribution in [0.4, 0.5) is 4.79 Å². The molecule has 1 spiro atoms. The molecule has 7 nitrogen and oxygen atoms in total. The van der Waals surface area contributed by atoms with E-state index in [4.69, 9.17) is 4.42 Å². The molecule has 0 bridgehead atoms. The summed E-state index contributed by atoms with van der Waals surface area (Å²) >= 11 is 0. The lowest BCUT2D eigenvalue weighted by molar-refractivity contribution is -0.125. The Hall–Kier alpha value is -2.31. The SMILES string of the molecule is O=C1NC(=O)C2(CCCN(C(=O)c3ccco3)C2)N1. The lowest BCUT2D eigenvalue weighted by atomic mass is 9.89. The number of urea groups is 1. The Morgan fingerprint density at radius 2 is 2.26 bits per heavy atom. The molecule has 2 aliphatic rings. The van der Waals surface area contributed by atoms with Gasteiger partial charge in [-0.2, -0.15) is 0 Å². The minimum atomic E-state index is -0.989. The van der Waals surface area contributed by atoms with E-state index in [1.54, 1.807) is 12.1 Å². The highest BCUT2D eigenvalue weighted by Gasteiger charge is 2.49. The number of imide groups is 1. The van der Waals surface area contributed by atoms with Crippen LogP contribution in [-0.4, -0.2) is 41.4 Å². The van der Waals surface area contributed by atoms with Gasteiger partial charge in [0, 0.05) is 6.54 Å². The van der Waals surface area contributed by atoms with E-state index in [9.17, 15) is 14.4 Å². The van der Waals surface area contributed by atoms with Gasteiger partial charge in [-0.1, -0.05) is 0 Å². The molecule has 0 aliphatic carbocycles. The molecule has 1 unspecified atom stereocenters. The van der Waals surface area contributed by atoms with E-state index in [0.29, 0.717) is 19.4 Å². The van der Waals surface area contributed by atoms with Crippen molar-refractivity contribution in [3.05, 3.63) is 24.2 Å². The van der Waals surface area contributed by atoms with E-state index in [2.05, 4.69) is 10.6 Å². The zero-order valence-corrected chi connectivity index (χ0v) is 10.1. The first kappa shape index (κ1) is 11.8. The number of rotatable bonds is 1. The summed E-state index contributed by atoms with van der Waals surface area (Å²) in [6.45, 7) is 0.717. The van der Waals surface area contributed by atoms with Gasteiger partial charge in [-0.25, -0.2) is 4.79 Å². The number of nitrogens with one attached hydrogen (secondary N) is 2. The normalized spacial score (nSPS) is 26.4. The van der Waals surface area contributed by atoms with Gasteiger partial charge in [0.2, 0.25) is 0 Å². The van der Waals surface area contributed by atoms with Crippen molar-refractivity contribution in [3.63, 3.8) is 0 Å². The molecule has 3 heterocycles. The van der Waals surface area contributed by atoms with Crippen LogP contribution < -0.4 is 10.6 Å². The average Bonchev–Trinajstić information content (AvgIpc) is 2.99. The van der Waals surface area contributed by atoms with Gasteiger partial charge in [-0.05, 0) is 25.0 Å². The molecule has 0 saturated carbocycles. The molecule has 2 N–H and O–H groups in total. The molecule has 3 rings (SSSR count). The van der Waals surface area contributed by atoms with Gasteiger partial charge in [-0.3, -0.25) is 14.9 Å². The van der Waals surface area contributed by atoms with Crippen molar-refractivity contribution in [3.8, 4) is 0 Å². The summed E-state index contributed by atoms with van der Waals surface area (Å²) in [5.41, 5.74) is -0.989. The maximum absolute atomic E-state index is 12.2. The van der Waals surface area contributed by atoms with Crippen molar-refractivity contribution in [1.29, 1.82) is 0 Å². The van der Waals surface area contributed by atoms with Crippen LogP contribution in [0, 0.1) is 0 Å². The van der Waals surface area contributed by atoms with Crippen LogP contribution >= 0.6 is 0 Å². The average molecular weight is 263 g/mol. The van der Waals surface area contributed by atoms with E-state index in [-0.39, 0.29) is 24.1 Å². The maximum atomic E-state index is 12.2. The Morgan fingerprint density at radius 3 is 2.89 bits per heavy atom. The Morgan fingerprint density at radius 1 is 1.42 bits per heavy atom. The van der Waals surface area contributed by atoms with Crippen LogP contribution in [0.25, 0.3) is 0 Å². The van der Waals surface area contributed by atoms with E-state index in [0.717, 1.165) is 0 Å². The van der Waals surface area contributed by atoms with E-state index < -0.39 is 11.6 Å². The molecular formula is C12H13N3O4. The van der Waals surface area contributed by atoms with Crippen LogP contribution in [-0.2, 0) is 4.79 Å². The molecule has 0 radical (unpaired) electrons. The molecule has 100 valence electrons. The second kappa shape index (κ2) is 4.11. The second-order valence-corrected chi connectivity index (χ2v) is 4.80. The first-order chi connectivity index (χ1) is 9.11. The van der Waals surface area contributed by atoms with Crippen molar-refractivity contribution in [2.24, 2.45) is 0 Å². The third kappa shape index (κ3) is 1.87. The summed E-state index contributed by atoms with van der Waals surface area (Å²) in [6.07, 6.45) is 2.61. The van der Waals surface area contributed by atoms with Gasteiger partial charge in [-0.15, -0.1) is 0 Å². The predicted molar refractivity (Wildman–Crippen MR) is 63.3 cm³/mol. The Bertz CT molecular complexity index is 539. The fraction of sp³-hybridized carbons (Fsp3) is 0.417. The highest BCUT2D eigenvalue weighted by molar-refractivity contribution is 6.07. The summed E-state index contributed by atoms with van der Waals surface area (Å²) < 4.78 is 5.07. The fourth-order valence-electron chi connectivity index (χ4n) is 2.60. The Balaban J connectivity index is 1.80. The summed E-state index contributed by atoms with van der Waals surface area (Å²) in [6, 6.07) is 2.71. The zero-order chi connectivity index (χ0) is 13.5. The third-order valence-corrected chi connectivity index (χ3v) is 3.53. The number of furan rings is 1. The highest BCUT2D eigenvalue weighted by Crippen LogP contribution is 2.25. The molecule has 4 amide bonds. The predicted octanol–water partition coefficient (Wildman–Crippen LogP) is 0.0938. The van der Waals surface area contributed by atoms with Crippen molar-refractivity contribution in [2.45, 2.75) is 18.4 Å². The van der Waals surface area contributed by atoms with Crippen molar-refractivity contribution < 1.29 is 18.8 Å². The number of carbonyl (C=O) groups is 3. The molecule has 2 fully saturated rings. The summed E-state index contributed by atoms with van der Waals surface area (Å²) in [5, 5.41) is 4.85. The van der Waals surface area contributed by atoms with E-state index >= 15 is 0 Å². The largest absolute Gasteiger partial charge is 0.459 e. The Kier molecular flexibility index (Phi) is 2.55. The number of nitrogens with zero attached hydrogens (tertiary/aromatic N) is 1. The second-order valence-electron chi connectivity index (χ2n) is 4.80. The molecule has 1 aromatic heterocycles. The molecule has 0 aromatic carbocycles. The maximum Gasteiger partial charge on any atom is 0.322 e. The van der Waals surface area contributed by atoms with E-state index in [1.807, 2.05) is 0 Å². The van der Waals surface area contributed by atoms with Gasteiger partial charge >= 0.3 is 6.03 Å². The Labute approximate surface area is 108 Å². The minimum absolute atomic E-state index is 0.171. The molecule has 1 atom stereocenters. The zero-order valence-electron chi connectivity index (χ0n) is 10.1. The molecule has 19 heavy (non-hydrogen) atoms. The number of likely N-dealkylation sites (tertiary alicyclic amines) is 1. The number of piperidine rings is 1. The molecule has 2 saturated heterocycles. The number of hydrogen-bond acceptors (Lipinski definition) is 4. The molecule has 1 aromatic rings. The number of carbonyl (C=O) groups excluding carboxylic acids is 3. The number of amides is 4. The lowest BCUT2D eigenvalue weighted by Gasteiger charge is -2.37. The standard InChI is InChI=1S/C12H13N3O4/c16-9(8-3-1-6-19-8)15-5-2-4-12(7-15)10(17)13-11(18)14-12/h1,3,6H,2,4-5,7H2,(H2,13,14,17,18). The quantitative estimate of drug-likeness (QED) is 0.703. The van der Waals surface area contributed by atoms with Crippen molar-refractivity contribution in [1.82, 2.24) is 15.5 Å². The molecular weight excluding hydrogens is 250 g/mol. The first-order valence-corrected chi connectivity index (χ1v) is 6.07. The topological polar surface area (TPSA) is 91.7 Å². The molecule has 7 heteroatoms. The van der Waals surface area contributed by atoms with Crippen LogP contribution in [0.5, 0.6) is 0 Å². The number of hydrogen-bond donors (Lipinski definition) is 2. The van der Waals surface area contributed by atoms with Crippen molar-refractivity contribution in [2.75, 3.05) is 13.1 Å². The fourth-order valence-corrected chi connectivity index (χ4v) is 2.60. The molecule has 2 aliphatic heterocycles. The van der Waals surface area contributed by atoms with Gasteiger partial charge in [0.1, 0.15) is 5.54 Å². The highest BCUT2D eigenvalue weighted by atomic mass is 16.3. The monoisotopic (exact) mass is 263 g/mol. The van der Waals surface area contributed by atoms with Crippen LogP contribution in [0.3, 0.4) is 0 Å². The summed E-state index contributed by atoms with van der Waals surface area (Å²) in [4.78, 5) is 36.8. The van der Waals surface area contributed by atoms with Gasteiger partial charge in [0.25, 0.3) is 11.8 Å². The summed E-state index contributed by atoms with van der Waals surface area (Å²) in [7, 11) is 0. The van der Waals surface area contributed by atoms with Gasteiger partial charge in [0.15, 0.2) is 5.76 Å². The van der Waals surface area contributed by atoms with Crippen molar-refractivity contribution >= 4 is 17.8 Å². The van der Waals surface area contributed by atoms with Gasteiger partial charge in [0.05, 0.1) is 12.8 Å². The van der Waals surface area contributed by atoms with E-state index in [1.165, 1.54) is 11.2 Å². The minimum Gasteiger partial charge on any atom is -0.459 e. The van der Waals surface area contributed by atoms with Crippen LogP contribution in [0.15, 0.2) is 22.8 Å². The van der Waals surface area contributed by atoms with Gasteiger partial charge < -0.3 is 14.6 Å². The van der Waals surface area contributed by atoms with Crippen LogP contribution in [0.2, 0.25) is 0 Å². The first-order valence-electron chi connectivity index (χ1n) is 6.07. The smallest absolute Gasteiger partial charge is 0.322 e. The lowest BCUT2D eigenvalue weighted by Crippen LogP contribution is -2.59. The summed E-state index contributed by atoms with van der Waals surface area (Å²) in [5.74, 6) is -0.394. The third-order valence-electron chi connectivity index (χ3n) is 3.53.